The van der Waals surface area contributed by atoms with Crippen LogP contribution in [0.2, 0.25) is 0 Å². The molecule has 35 heavy (non-hydrogen) atoms. The number of carbonyl (C=O) groups is 3. The van der Waals surface area contributed by atoms with Crippen LogP contribution >= 0.6 is 0 Å². The lowest BCUT2D eigenvalue weighted by Gasteiger charge is -2.23. The van der Waals surface area contributed by atoms with E-state index in [-0.39, 0.29) is 24.9 Å². The molecule has 202 valence electrons. The summed E-state index contributed by atoms with van der Waals surface area (Å²) in [7, 11) is 0. The maximum atomic E-state index is 11.8. The summed E-state index contributed by atoms with van der Waals surface area (Å²) in [6, 6.07) is 0.00735. The van der Waals surface area contributed by atoms with Crippen LogP contribution in [-0.4, -0.2) is 59.3 Å². The zero-order valence-electron chi connectivity index (χ0n) is 23.2. The van der Waals surface area contributed by atoms with Crippen LogP contribution in [0.3, 0.4) is 0 Å². The second-order valence-corrected chi connectivity index (χ2v) is 8.99. The van der Waals surface area contributed by atoms with Gasteiger partial charge in [0.05, 0.1) is 6.10 Å². The van der Waals surface area contributed by atoms with E-state index in [1.807, 2.05) is 26.8 Å². The van der Waals surface area contributed by atoms with E-state index < -0.39 is 17.8 Å². The van der Waals surface area contributed by atoms with Gasteiger partial charge in [0, 0.05) is 12.6 Å². The summed E-state index contributed by atoms with van der Waals surface area (Å²) in [5, 5.41) is 11.9. The van der Waals surface area contributed by atoms with Crippen molar-refractivity contribution in [2.24, 2.45) is 11.7 Å². The van der Waals surface area contributed by atoms with E-state index in [9.17, 15) is 14.7 Å². The molecule has 2 atom stereocenters. The van der Waals surface area contributed by atoms with Crippen molar-refractivity contribution in [2.75, 3.05) is 13.1 Å². The number of alkyl carbamates (subject to hydrolysis) is 1. The van der Waals surface area contributed by atoms with Gasteiger partial charge in [-0.25, -0.2) is 4.79 Å². The SMILES string of the molecule is C#C.C#C.C=CC=C(C)C.CC(C)C.C[C@@H]1C[C@H](O)CN1C(=O)CNC(=O)OC(C)(C)C.NC=O. The van der Waals surface area contributed by atoms with E-state index in [2.05, 4.69) is 64.1 Å². The van der Waals surface area contributed by atoms with Gasteiger partial charge in [-0.1, -0.05) is 45.1 Å². The number of primary amides is 1. The number of aliphatic hydroxyl groups is 1. The number of hydrogen-bond acceptors (Lipinski definition) is 5. The summed E-state index contributed by atoms with van der Waals surface area (Å²) in [5.74, 6) is 0.630. The standard InChI is InChI=1S/C12H22N2O4.C6H10.C4H10.2C2H2.CH3NO/c1-8-5-9(15)7-14(8)10(16)6-13-11(17)18-12(2,3)4;1-4-5-6(2)3;1-4(2)3;2*1-2;2-1-3/h8-9,15H,5-7H2,1-4H3,(H,13,17);4-5H,1H2,2-3H3;4H,1-3H3;2*1-2H;1H,(H2,2,3)/t8-,9+;;;;;/m1...../s1. The lowest BCUT2D eigenvalue weighted by Crippen LogP contribution is -2.43. The van der Waals surface area contributed by atoms with E-state index in [1.54, 1.807) is 31.7 Å². The van der Waals surface area contributed by atoms with Crippen LogP contribution in [0.25, 0.3) is 0 Å². The maximum absolute atomic E-state index is 11.8. The van der Waals surface area contributed by atoms with Crippen molar-refractivity contribution in [1.82, 2.24) is 10.2 Å². The van der Waals surface area contributed by atoms with Crippen molar-refractivity contribution in [3.63, 3.8) is 0 Å². The summed E-state index contributed by atoms with van der Waals surface area (Å²) in [6.45, 7) is 21.5. The highest BCUT2D eigenvalue weighted by molar-refractivity contribution is 5.82. The lowest BCUT2D eigenvalue weighted by atomic mass is 10.2. The molecular weight excluding hydrogens is 446 g/mol. The Kier molecular flexibility index (Phi) is 32.4. The second-order valence-electron chi connectivity index (χ2n) is 8.99. The fourth-order valence-electron chi connectivity index (χ4n) is 2.15. The van der Waals surface area contributed by atoms with Crippen molar-refractivity contribution in [3.05, 3.63) is 24.3 Å². The predicted octanol–water partition coefficient (Wildman–Crippen LogP) is 3.89. The van der Waals surface area contributed by atoms with Crippen LogP contribution < -0.4 is 11.1 Å². The van der Waals surface area contributed by atoms with E-state index >= 15 is 0 Å². The van der Waals surface area contributed by atoms with Crippen LogP contribution in [0.4, 0.5) is 4.79 Å². The quantitative estimate of drug-likeness (QED) is 0.311. The van der Waals surface area contributed by atoms with Crippen molar-refractivity contribution in [3.8, 4) is 25.7 Å². The molecule has 1 rings (SSSR count). The lowest BCUT2D eigenvalue weighted by molar-refractivity contribution is -0.131. The average Bonchev–Trinajstić information content (AvgIpc) is 3.06. The number of terminal acetylenes is 2. The Morgan fingerprint density at radius 3 is 1.83 bits per heavy atom. The minimum atomic E-state index is -0.608. The smallest absolute Gasteiger partial charge is 0.408 e. The number of aliphatic hydroxyl groups excluding tert-OH is 1. The van der Waals surface area contributed by atoms with Gasteiger partial charge in [-0.2, -0.15) is 0 Å². The molecule has 0 aromatic carbocycles. The molecular formula is C27H49N3O5. The van der Waals surface area contributed by atoms with E-state index in [4.69, 9.17) is 9.53 Å². The average molecular weight is 496 g/mol. The van der Waals surface area contributed by atoms with Crippen molar-refractivity contribution < 1.29 is 24.2 Å². The van der Waals surface area contributed by atoms with Crippen LogP contribution in [0.5, 0.6) is 0 Å². The molecule has 0 aromatic rings. The Morgan fingerprint density at radius 2 is 1.60 bits per heavy atom. The molecule has 0 aliphatic carbocycles. The van der Waals surface area contributed by atoms with E-state index in [1.165, 1.54) is 5.57 Å². The Labute approximate surface area is 214 Å². The summed E-state index contributed by atoms with van der Waals surface area (Å²) in [4.78, 5) is 33.3. The first-order valence-corrected chi connectivity index (χ1v) is 11.1. The molecule has 4 N–H and O–H groups in total. The van der Waals surface area contributed by atoms with Gasteiger partial charge in [-0.05, 0) is 53.9 Å². The third-order valence-corrected chi connectivity index (χ3v) is 3.11. The number of carbonyl (C=O) groups excluding carboxylic acids is 3. The Morgan fingerprint density at radius 1 is 1.20 bits per heavy atom. The third-order valence-electron chi connectivity index (χ3n) is 3.11. The minimum absolute atomic E-state index is 0.00735. The highest BCUT2D eigenvalue weighted by Gasteiger charge is 2.31. The van der Waals surface area contributed by atoms with Crippen molar-refractivity contribution >= 4 is 18.4 Å². The van der Waals surface area contributed by atoms with Crippen molar-refractivity contribution in [1.29, 1.82) is 0 Å². The van der Waals surface area contributed by atoms with Crippen LogP contribution in [-0.2, 0) is 14.3 Å². The van der Waals surface area contributed by atoms with Crippen molar-refractivity contribution in [2.45, 2.75) is 86.5 Å². The number of rotatable bonds is 3. The number of ether oxygens (including phenoxy) is 1. The molecule has 0 unspecified atom stereocenters. The van der Waals surface area contributed by atoms with Gasteiger partial charge in [0.25, 0.3) is 0 Å². The van der Waals surface area contributed by atoms with Gasteiger partial charge in [0.2, 0.25) is 12.3 Å². The Bertz CT molecular complexity index is 619. The summed E-state index contributed by atoms with van der Waals surface area (Å²) in [5.41, 5.74) is 4.88. The molecule has 1 aliphatic heterocycles. The molecule has 0 spiro atoms. The van der Waals surface area contributed by atoms with Crippen LogP contribution in [0, 0.1) is 31.6 Å². The molecule has 1 saturated heterocycles. The van der Waals surface area contributed by atoms with E-state index in [0.717, 1.165) is 5.92 Å². The first-order chi connectivity index (χ1) is 16.1. The monoisotopic (exact) mass is 495 g/mol. The van der Waals surface area contributed by atoms with E-state index in [0.29, 0.717) is 13.0 Å². The molecule has 8 nitrogen and oxygen atoms in total. The zero-order chi connectivity index (χ0) is 29.2. The summed E-state index contributed by atoms with van der Waals surface area (Å²) in [6.07, 6.45) is 19.5. The largest absolute Gasteiger partial charge is 0.444 e. The highest BCUT2D eigenvalue weighted by atomic mass is 16.6. The molecule has 8 heteroatoms. The molecule has 1 heterocycles. The number of nitrogens with one attached hydrogen (secondary N) is 1. The fraction of sp³-hybridized carbons (Fsp3) is 0.593. The normalized spacial score (nSPS) is 15.0. The molecule has 0 bridgehead atoms. The molecule has 0 saturated carbocycles. The van der Waals surface area contributed by atoms with Gasteiger partial charge in [-0.15, -0.1) is 25.7 Å². The zero-order valence-corrected chi connectivity index (χ0v) is 23.2. The number of hydrogen-bond donors (Lipinski definition) is 3. The summed E-state index contributed by atoms with van der Waals surface area (Å²) < 4.78 is 5.03. The predicted molar refractivity (Wildman–Crippen MR) is 146 cm³/mol. The Balaban J connectivity index is -0.000000145. The fourth-order valence-corrected chi connectivity index (χ4v) is 2.15. The number of nitrogens with two attached hydrogens (primary N) is 1. The molecule has 0 radical (unpaired) electrons. The summed E-state index contributed by atoms with van der Waals surface area (Å²) >= 11 is 0. The topological polar surface area (TPSA) is 122 Å². The number of allylic oxidation sites excluding steroid dienone is 3. The van der Waals surface area contributed by atoms with Gasteiger partial charge in [0.1, 0.15) is 12.1 Å². The van der Waals surface area contributed by atoms with Gasteiger partial charge in [0.15, 0.2) is 0 Å². The number of likely N-dealkylation sites (tertiary alicyclic amines) is 1. The third kappa shape index (κ3) is 38.4. The molecule has 0 aromatic heterocycles. The number of nitrogens with zero attached hydrogens (tertiary/aromatic N) is 1. The second kappa shape index (κ2) is 27.0. The minimum Gasteiger partial charge on any atom is -0.444 e. The van der Waals surface area contributed by atoms with Crippen LogP contribution in [0.15, 0.2) is 24.3 Å². The van der Waals surface area contributed by atoms with Crippen LogP contribution in [0.1, 0.15) is 68.7 Å². The highest BCUT2D eigenvalue weighted by Crippen LogP contribution is 2.16. The molecule has 1 aliphatic rings. The number of β-amino-alcohol motifs (C(OH)–C–C–N with tert-alkyl or cyclic N) is 1. The first kappa shape index (κ1) is 42.0. The van der Waals surface area contributed by atoms with Gasteiger partial charge >= 0.3 is 6.09 Å². The molecule has 1 fully saturated rings. The molecule has 3 amide bonds. The van der Waals surface area contributed by atoms with Gasteiger partial charge in [-0.3, -0.25) is 9.59 Å². The Hall–Kier alpha value is -3.23. The van der Waals surface area contributed by atoms with Gasteiger partial charge < -0.3 is 25.8 Å². The first-order valence-electron chi connectivity index (χ1n) is 11.1. The number of amides is 3. The maximum Gasteiger partial charge on any atom is 0.408 e.